The average Bonchev–Trinajstić information content (AvgIpc) is 2.38. The van der Waals surface area contributed by atoms with Crippen LogP contribution >= 0.6 is 0 Å². The summed E-state index contributed by atoms with van der Waals surface area (Å²) in [6.45, 7) is 4.84. The SMILES string of the molecule is Cc1cc(CN(C)C)cc(NC(=O)C2CCNCC2)c1. The summed E-state index contributed by atoms with van der Waals surface area (Å²) in [6.07, 6.45) is 1.87. The molecule has 1 aliphatic heterocycles. The number of benzene rings is 1. The van der Waals surface area contributed by atoms with E-state index in [1.54, 1.807) is 0 Å². The van der Waals surface area contributed by atoms with Gasteiger partial charge in [-0.3, -0.25) is 4.79 Å². The molecule has 4 nitrogen and oxygen atoms in total. The fraction of sp³-hybridized carbons (Fsp3) is 0.562. The molecule has 2 N–H and O–H groups in total. The molecule has 1 fully saturated rings. The summed E-state index contributed by atoms with van der Waals surface area (Å²) in [5.41, 5.74) is 3.34. The average molecular weight is 275 g/mol. The molecule has 1 aliphatic rings. The van der Waals surface area contributed by atoms with Gasteiger partial charge in [0.05, 0.1) is 0 Å². The minimum absolute atomic E-state index is 0.147. The van der Waals surface area contributed by atoms with Gasteiger partial charge in [-0.1, -0.05) is 6.07 Å². The highest BCUT2D eigenvalue weighted by atomic mass is 16.1. The number of carbonyl (C=O) groups excluding carboxylic acids is 1. The molecule has 0 radical (unpaired) electrons. The predicted octanol–water partition coefficient (Wildman–Crippen LogP) is 1.99. The Hall–Kier alpha value is -1.39. The Kier molecular flexibility index (Phi) is 5.15. The Bertz CT molecular complexity index is 465. The van der Waals surface area contributed by atoms with Crippen LogP contribution in [0, 0.1) is 12.8 Å². The largest absolute Gasteiger partial charge is 0.326 e. The monoisotopic (exact) mass is 275 g/mol. The molecule has 110 valence electrons. The van der Waals surface area contributed by atoms with Gasteiger partial charge in [0.15, 0.2) is 0 Å². The smallest absolute Gasteiger partial charge is 0.227 e. The van der Waals surface area contributed by atoms with Crippen molar-refractivity contribution in [1.29, 1.82) is 0 Å². The second-order valence-electron chi connectivity index (χ2n) is 5.96. The van der Waals surface area contributed by atoms with Crippen molar-refractivity contribution in [3.8, 4) is 0 Å². The fourth-order valence-electron chi connectivity index (χ4n) is 2.72. The quantitative estimate of drug-likeness (QED) is 0.883. The number of piperidine rings is 1. The van der Waals surface area contributed by atoms with Crippen LogP contribution in [-0.4, -0.2) is 38.0 Å². The Morgan fingerprint density at radius 3 is 2.65 bits per heavy atom. The number of anilines is 1. The first-order chi connectivity index (χ1) is 9.54. The molecule has 2 rings (SSSR count). The maximum absolute atomic E-state index is 12.3. The van der Waals surface area contributed by atoms with E-state index in [0.717, 1.165) is 38.2 Å². The van der Waals surface area contributed by atoms with Crippen LogP contribution in [0.25, 0.3) is 0 Å². The maximum Gasteiger partial charge on any atom is 0.227 e. The summed E-state index contributed by atoms with van der Waals surface area (Å²) in [5, 5.41) is 6.37. The van der Waals surface area contributed by atoms with Crippen LogP contribution in [0.5, 0.6) is 0 Å². The van der Waals surface area contributed by atoms with E-state index in [1.807, 2.05) is 6.07 Å². The number of amides is 1. The molecule has 1 aromatic carbocycles. The van der Waals surface area contributed by atoms with Crippen LogP contribution in [0.3, 0.4) is 0 Å². The fourth-order valence-corrected chi connectivity index (χ4v) is 2.72. The van der Waals surface area contributed by atoms with E-state index in [1.165, 1.54) is 11.1 Å². The van der Waals surface area contributed by atoms with Crippen LogP contribution in [0.15, 0.2) is 18.2 Å². The first kappa shape index (κ1) is 15.0. The number of nitrogens with one attached hydrogen (secondary N) is 2. The van der Waals surface area contributed by atoms with E-state index in [2.05, 4.69) is 48.7 Å². The third-order valence-corrected chi connectivity index (χ3v) is 3.61. The van der Waals surface area contributed by atoms with E-state index in [0.29, 0.717) is 0 Å². The second kappa shape index (κ2) is 6.86. The Labute approximate surface area is 121 Å². The Balaban J connectivity index is 2.04. The minimum atomic E-state index is 0.147. The van der Waals surface area contributed by atoms with Gasteiger partial charge in [-0.25, -0.2) is 0 Å². The van der Waals surface area contributed by atoms with E-state index in [9.17, 15) is 4.79 Å². The third kappa shape index (κ3) is 4.32. The summed E-state index contributed by atoms with van der Waals surface area (Å²) in [4.78, 5) is 14.4. The van der Waals surface area contributed by atoms with Crippen LogP contribution in [-0.2, 0) is 11.3 Å². The van der Waals surface area contributed by atoms with Crippen molar-refractivity contribution in [2.75, 3.05) is 32.5 Å². The highest BCUT2D eigenvalue weighted by Gasteiger charge is 2.20. The molecule has 1 amide bonds. The number of nitrogens with zero attached hydrogens (tertiary/aromatic N) is 1. The van der Waals surface area contributed by atoms with E-state index >= 15 is 0 Å². The van der Waals surface area contributed by atoms with E-state index in [4.69, 9.17) is 0 Å². The normalized spacial score (nSPS) is 16.4. The molecule has 0 unspecified atom stereocenters. The van der Waals surface area contributed by atoms with Gasteiger partial charge in [-0.05, 0) is 70.2 Å². The molecular formula is C16H25N3O. The molecule has 0 saturated carbocycles. The molecule has 1 heterocycles. The number of carbonyl (C=O) groups is 1. The molecule has 0 bridgehead atoms. The zero-order chi connectivity index (χ0) is 14.5. The van der Waals surface area contributed by atoms with Crippen LogP contribution in [0.4, 0.5) is 5.69 Å². The number of hydrogen-bond donors (Lipinski definition) is 2. The number of rotatable bonds is 4. The molecule has 4 heteroatoms. The van der Waals surface area contributed by atoms with Gasteiger partial charge in [0.1, 0.15) is 0 Å². The van der Waals surface area contributed by atoms with Crippen molar-refractivity contribution in [1.82, 2.24) is 10.2 Å². The van der Waals surface area contributed by atoms with Gasteiger partial charge in [-0.2, -0.15) is 0 Å². The van der Waals surface area contributed by atoms with Gasteiger partial charge < -0.3 is 15.5 Å². The van der Waals surface area contributed by atoms with Crippen molar-refractivity contribution in [3.05, 3.63) is 29.3 Å². The van der Waals surface area contributed by atoms with E-state index in [-0.39, 0.29) is 11.8 Å². The minimum Gasteiger partial charge on any atom is -0.326 e. The van der Waals surface area contributed by atoms with Gasteiger partial charge in [0.25, 0.3) is 0 Å². The van der Waals surface area contributed by atoms with Crippen molar-refractivity contribution >= 4 is 11.6 Å². The van der Waals surface area contributed by atoms with Gasteiger partial charge >= 0.3 is 0 Å². The standard InChI is InChI=1S/C16H25N3O/c1-12-8-13(11-19(2)3)10-15(9-12)18-16(20)14-4-6-17-7-5-14/h8-10,14,17H,4-7,11H2,1-3H3,(H,18,20). The first-order valence-corrected chi connectivity index (χ1v) is 7.31. The predicted molar refractivity (Wildman–Crippen MR) is 82.8 cm³/mol. The summed E-state index contributed by atoms with van der Waals surface area (Å²) in [7, 11) is 4.10. The highest BCUT2D eigenvalue weighted by Crippen LogP contribution is 2.19. The lowest BCUT2D eigenvalue weighted by Crippen LogP contribution is -2.34. The molecule has 20 heavy (non-hydrogen) atoms. The number of hydrogen-bond acceptors (Lipinski definition) is 3. The summed E-state index contributed by atoms with van der Waals surface area (Å²) >= 11 is 0. The first-order valence-electron chi connectivity index (χ1n) is 7.31. The molecule has 1 aromatic rings. The number of aryl methyl sites for hydroxylation is 1. The zero-order valence-corrected chi connectivity index (χ0v) is 12.7. The molecule has 1 saturated heterocycles. The van der Waals surface area contributed by atoms with Crippen LogP contribution in [0.1, 0.15) is 24.0 Å². The second-order valence-corrected chi connectivity index (χ2v) is 5.96. The molecule has 0 atom stereocenters. The van der Waals surface area contributed by atoms with Crippen LogP contribution < -0.4 is 10.6 Å². The Morgan fingerprint density at radius 1 is 1.30 bits per heavy atom. The van der Waals surface area contributed by atoms with Gasteiger partial charge in [-0.15, -0.1) is 0 Å². The zero-order valence-electron chi connectivity index (χ0n) is 12.7. The summed E-state index contributed by atoms with van der Waals surface area (Å²) in [6, 6.07) is 6.28. The summed E-state index contributed by atoms with van der Waals surface area (Å²) < 4.78 is 0. The van der Waals surface area contributed by atoms with E-state index < -0.39 is 0 Å². The van der Waals surface area contributed by atoms with Crippen LogP contribution in [0.2, 0.25) is 0 Å². The third-order valence-electron chi connectivity index (χ3n) is 3.61. The summed E-state index contributed by atoms with van der Waals surface area (Å²) in [5.74, 6) is 0.307. The molecule has 0 spiro atoms. The maximum atomic E-state index is 12.3. The van der Waals surface area contributed by atoms with Crippen molar-refractivity contribution in [2.45, 2.75) is 26.3 Å². The lowest BCUT2D eigenvalue weighted by Gasteiger charge is -2.22. The van der Waals surface area contributed by atoms with Crippen molar-refractivity contribution < 1.29 is 4.79 Å². The van der Waals surface area contributed by atoms with Gasteiger partial charge in [0.2, 0.25) is 5.91 Å². The lowest BCUT2D eigenvalue weighted by molar-refractivity contribution is -0.120. The van der Waals surface area contributed by atoms with Crippen molar-refractivity contribution in [3.63, 3.8) is 0 Å². The highest BCUT2D eigenvalue weighted by molar-refractivity contribution is 5.92. The topological polar surface area (TPSA) is 44.4 Å². The molecular weight excluding hydrogens is 250 g/mol. The lowest BCUT2D eigenvalue weighted by atomic mass is 9.97. The molecule has 0 aromatic heterocycles. The molecule has 0 aliphatic carbocycles. The van der Waals surface area contributed by atoms with Crippen molar-refractivity contribution in [2.24, 2.45) is 5.92 Å². The Morgan fingerprint density at radius 2 is 2.00 bits per heavy atom. The van der Waals surface area contributed by atoms with Gasteiger partial charge in [0, 0.05) is 18.2 Å².